The van der Waals surface area contributed by atoms with E-state index in [1.54, 1.807) is 67.2 Å². The van der Waals surface area contributed by atoms with Gasteiger partial charge in [-0.2, -0.15) is 46.5 Å². The fourth-order valence-electron chi connectivity index (χ4n) is 6.31. The van der Waals surface area contributed by atoms with Crippen LogP contribution in [0.4, 0.5) is 61.2 Å². The molecule has 27 heteroatoms. The molecule has 67 heavy (non-hydrogen) atoms. The zero-order chi connectivity index (χ0) is 55.6. The van der Waals surface area contributed by atoms with Crippen LogP contribution in [0.2, 0.25) is 0 Å². The number of hydrogen-bond donors (Lipinski definition) is 4. The number of nitrogens with one attached hydrogen (secondary N) is 4. The van der Waals surface area contributed by atoms with Crippen molar-refractivity contribution in [2.75, 3.05) is 45.2 Å². The Labute approximate surface area is 424 Å². The van der Waals surface area contributed by atoms with Crippen LogP contribution in [0.3, 0.4) is 0 Å². The normalized spacial score (nSPS) is 17.9. The molecular weight excluding hydrogens is 964 g/mol. The third-order valence-corrected chi connectivity index (χ3v) is 10.5. The van der Waals surface area contributed by atoms with Crippen molar-refractivity contribution in [3.05, 3.63) is 106 Å². The number of nitrogens with zero attached hydrogens (tertiary/aromatic N) is 12. The summed E-state index contributed by atoms with van der Waals surface area (Å²) in [5.74, 6) is 0.217. The van der Waals surface area contributed by atoms with Gasteiger partial charge in [-0.1, -0.05) is 36.3 Å². The van der Waals surface area contributed by atoms with Gasteiger partial charge in [0.15, 0.2) is 11.6 Å². The molecule has 2 aliphatic rings. The minimum Gasteiger partial charge on any atom is -0.350 e. The number of hydrogen-bond acceptors (Lipinski definition) is 14. The molecule has 4 N–H and O–H groups in total. The van der Waals surface area contributed by atoms with Crippen molar-refractivity contribution in [1.82, 2.24) is 49.5 Å². The van der Waals surface area contributed by atoms with E-state index in [9.17, 15) is 35.9 Å². The first kappa shape index (κ1) is 40.2. The fraction of sp³-hybridized carbons (Fsp3) is 0.350. The van der Waals surface area contributed by atoms with Crippen LogP contribution in [-0.4, -0.2) is 101 Å². The maximum Gasteiger partial charge on any atom is 1.00 e. The second kappa shape index (κ2) is 21.4. The number of alkyl halides is 7. The predicted molar refractivity (Wildman–Crippen MR) is 242 cm³/mol. The predicted octanol–water partition coefficient (Wildman–Crippen LogP) is 1.80. The molecule has 2 aliphatic heterocycles. The Hall–Kier alpha value is -5.86. The van der Waals surface area contributed by atoms with Gasteiger partial charge in [0.1, 0.15) is 34.8 Å². The molecule has 6 aromatic heterocycles. The summed E-state index contributed by atoms with van der Waals surface area (Å²) < 4.78 is 143. The van der Waals surface area contributed by atoms with Gasteiger partial charge in [-0.25, -0.2) is 15.3 Å². The Morgan fingerprint density at radius 2 is 1.18 bits per heavy atom. The molecule has 0 fully saturated rings. The Morgan fingerprint density at radius 1 is 0.731 bits per heavy atom. The summed E-state index contributed by atoms with van der Waals surface area (Å²) >= 11 is 2.97. The number of carbonyl (C=O) groups excluding carboxylic acids is 2. The minimum absolute atomic E-state index is 0. The molecule has 0 aliphatic carbocycles. The average molecular weight is 1020 g/mol. The zero-order valence-electron chi connectivity index (χ0n) is 45.2. The summed E-state index contributed by atoms with van der Waals surface area (Å²) in [6.07, 6.45) is -0.145. The Bertz CT molecular complexity index is 2810. The van der Waals surface area contributed by atoms with E-state index in [2.05, 4.69) is 77.3 Å². The van der Waals surface area contributed by atoms with Crippen LogP contribution in [0.1, 0.15) is 65.7 Å². The van der Waals surface area contributed by atoms with Crippen molar-refractivity contribution in [2.45, 2.75) is 76.6 Å². The van der Waals surface area contributed by atoms with Gasteiger partial charge in [-0.3, -0.25) is 28.9 Å². The molecule has 8 heterocycles. The molecule has 0 saturated heterocycles. The van der Waals surface area contributed by atoms with Gasteiger partial charge in [0.2, 0.25) is 23.7 Å². The molecule has 0 radical (unpaired) electrons. The molecule has 8 rings (SSSR count). The zero-order valence-corrected chi connectivity index (χ0v) is 39.7. The van der Waals surface area contributed by atoms with Gasteiger partial charge in [-0.15, -0.1) is 0 Å². The topological polar surface area (TPSA) is 202 Å². The van der Waals surface area contributed by atoms with Crippen LogP contribution >= 0.6 is 15.9 Å². The van der Waals surface area contributed by atoms with Gasteiger partial charge in [0.25, 0.3) is 0 Å². The third-order valence-electron chi connectivity index (χ3n) is 10.1. The van der Waals surface area contributed by atoms with Crippen LogP contribution in [0.15, 0.2) is 61.4 Å². The van der Waals surface area contributed by atoms with E-state index in [0.29, 0.717) is 22.5 Å². The molecule has 0 aromatic carbocycles. The summed E-state index contributed by atoms with van der Waals surface area (Å²) in [5.41, 5.74) is 0.574. The first-order valence-corrected chi connectivity index (χ1v) is 20.1. The summed E-state index contributed by atoms with van der Waals surface area (Å²) in [6, 6.07) is 3.47. The minimum atomic E-state index is -4.50. The van der Waals surface area contributed by atoms with Crippen molar-refractivity contribution in [2.24, 2.45) is 0 Å². The first-order chi connectivity index (χ1) is 34.6. The Kier molecular flexibility index (Phi) is 12.9. The monoisotopic (exact) mass is 1020 g/mol. The summed E-state index contributed by atoms with van der Waals surface area (Å²) in [6.45, 7) is 1.69. The number of likely N-dealkylation sites (N-methyl/N-ethyl adjacent to an activating group) is 2. The van der Waals surface area contributed by atoms with Gasteiger partial charge in [-0.05, 0) is 44.0 Å². The van der Waals surface area contributed by atoms with E-state index >= 15 is 0 Å². The van der Waals surface area contributed by atoms with E-state index in [-0.39, 0.29) is 108 Å². The number of fused-ring (bicyclic) bond motifs is 2. The average Bonchev–Trinajstić information content (AvgIpc) is 3.96. The van der Waals surface area contributed by atoms with Crippen molar-refractivity contribution >= 4 is 70.9 Å². The summed E-state index contributed by atoms with van der Waals surface area (Å²) in [5, 5.41) is 17.6. The quantitative estimate of drug-likeness (QED) is 0.0832. The number of pyridine rings is 2. The smallest absolute Gasteiger partial charge is 0.350 e. The number of rotatable bonds is 11. The molecule has 2 amide bonds. The maximum atomic E-state index is 12.7. The maximum absolute atomic E-state index is 12.7. The Balaban J connectivity index is 0.000000255. The molecule has 0 spiro atoms. The molecular formula is C40H45BBrF6N16NaO2. The number of halogens is 7. The number of anilines is 6. The standard InChI is InChI=1S/C20H20BrF3N8O.C20H21F3N8O.BH4.Na/c1-11-18(33)29-16-14(5-21)28-19(30-17(16)31(11)2)26-7-13-8-27-32(10-13)9-12-3-4-15(25-6-12)20(22,23)24;1-11-16-17(30(3)12(2)18(32)28-16)29-19(27-11)25-7-14-8-26-31(10-14)9-13-4-5-15(24-6-13)20(21,22)23;;/h3-4,6,8,10-11H,5,7,9H2,1-2H3,(H,29,33)(H,26,28,30);4-6,8,10,12H,7,9H2,1-3H3,(H,28,32)(H,25,27,29);1H4;/q;;-1;+1/t11-;12-;;/m00../s1/i5D2;1D3;1D4;. The number of aryl methyl sites for hydroxylation is 1. The molecule has 350 valence electrons. The molecule has 0 saturated carbocycles. The van der Waals surface area contributed by atoms with E-state index in [1.165, 1.54) is 16.8 Å². The second-order valence-electron chi connectivity index (χ2n) is 14.7. The van der Waals surface area contributed by atoms with E-state index < -0.39 is 56.2 Å². The van der Waals surface area contributed by atoms with E-state index in [0.717, 1.165) is 30.1 Å². The van der Waals surface area contributed by atoms with Crippen molar-refractivity contribution in [1.29, 1.82) is 5.34 Å². The third kappa shape index (κ3) is 12.4. The van der Waals surface area contributed by atoms with Gasteiger partial charge >= 0.3 is 41.9 Å². The van der Waals surface area contributed by atoms with E-state index in [4.69, 9.17) is 12.2 Å². The van der Waals surface area contributed by atoms with Gasteiger partial charge in [0, 0.05) is 75.2 Å². The van der Waals surface area contributed by atoms with Crippen LogP contribution in [0.25, 0.3) is 0 Å². The molecule has 0 bridgehead atoms. The number of carbonyl (C=O) groups is 2. The number of amides is 2. The summed E-state index contributed by atoms with van der Waals surface area (Å²) in [4.78, 5) is 51.7. The van der Waals surface area contributed by atoms with Crippen molar-refractivity contribution < 1.29 is 72.3 Å². The molecule has 18 nitrogen and oxygen atoms in total. The van der Waals surface area contributed by atoms with Crippen LogP contribution in [-0.2, 0) is 53.4 Å². The van der Waals surface area contributed by atoms with E-state index in [1.807, 2.05) is 0 Å². The molecule has 2 atom stereocenters. The Morgan fingerprint density at radius 3 is 1.60 bits per heavy atom. The van der Waals surface area contributed by atoms with Crippen molar-refractivity contribution in [3.63, 3.8) is 0 Å². The first-order valence-electron chi connectivity index (χ1n) is 24.1. The second-order valence-corrected chi connectivity index (χ2v) is 15.1. The fourth-order valence-corrected chi connectivity index (χ4v) is 6.60. The van der Waals surface area contributed by atoms with Gasteiger partial charge in [0.05, 0.1) is 36.9 Å². The van der Waals surface area contributed by atoms with Crippen LogP contribution < -0.4 is 60.6 Å². The molecule has 0 unspecified atom stereocenters. The van der Waals surface area contributed by atoms with Gasteiger partial charge < -0.3 is 31.1 Å². The largest absolute Gasteiger partial charge is 1.00 e. The molecule has 6 aromatic rings. The van der Waals surface area contributed by atoms with Crippen molar-refractivity contribution in [3.8, 4) is 0 Å². The number of aromatic nitrogens is 10. The summed E-state index contributed by atoms with van der Waals surface area (Å²) in [7, 11) is 0.329. The van der Waals surface area contributed by atoms with Crippen LogP contribution in [0, 0.1) is 6.85 Å². The van der Waals surface area contributed by atoms with Crippen LogP contribution in [0.5, 0.6) is 0 Å². The SMILES string of the molecule is [2H]C([2H])(Br)c1nc(NCc2cnn(Cc3ccc(C(F)(F)F)nc3)c2)nc2c1NC(=O)[C@H](C)N2C.[2H]C([2H])([2H])c1nc(NCc2cnn(Cc3ccc(C(F)(F)F)nc3)c2)nc2c1NC(=O)[C@H](C)N2C.[2H][B-]([2H])([2H])[2H].[Na+].